The number of piperidine rings is 1. The van der Waals surface area contributed by atoms with Crippen molar-refractivity contribution >= 4 is 18.3 Å². The number of halogens is 1. The Balaban J connectivity index is 0.00000200. The highest BCUT2D eigenvalue weighted by Crippen LogP contribution is 2.33. The molecule has 118 valence electrons. The van der Waals surface area contributed by atoms with E-state index in [2.05, 4.69) is 37.9 Å². The van der Waals surface area contributed by atoms with Crippen LogP contribution in [0.15, 0.2) is 0 Å². The molecule has 20 heavy (non-hydrogen) atoms. The van der Waals surface area contributed by atoms with Gasteiger partial charge in [-0.15, -0.1) is 12.4 Å². The van der Waals surface area contributed by atoms with Crippen LogP contribution in [0.25, 0.3) is 0 Å². The molecule has 0 aromatic carbocycles. The van der Waals surface area contributed by atoms with Crippen LogP contribution in [0, 0.1) is 11.8 Å². The minimum absolute atomic E-state index is 0. The number of nitrogens with zero attached hydrogens (tertiary/aromatic N) is 1. The van der Waals surface area contributed by atoms with Crippen LogP contribution < -0.4 is 5.32 Å². The third-order valence-corrected chi connectivity index (χ3v) is 4.54. The molecule has 2 aliphatic heterocycles. The Hall–Kier alpha value is -0.280. The summed E-state index contributed by atoms with van der Waals surface area (Å²) in [7, 11) is 0. The molecule has 0 aromatic rings. The lowest BCUT2D eigenvalue weighted by molar-refractivity contribution is -0.134. The van der Waals surface area contributed by atoms with Gasteiger partial charge in [0.25, 0.3) is 0 Å². The fourth-order valence-corrected chi connectivity index (χ4v) is 3.70. The molecule has 0 aliphatic carbocycles. The van der Waals surface area contributed by atoms with Gasteiger partial charge in [-0.05, 0) is 51.4 Å². The van der Waals surface area contributed by atoms with Gasteiger partial charge >= 0.3 is 0 Å². The summed E-state index contributed by atoms with van der Waals surface area (Å²) in [5, 5.41) is 3.65. The van der Waals surface area contributed by atoms with E-state index in [1.165, 1.54) is 25.7 Å². The molecule has 0 aromatic heterocycles. The topological polar surface area (TPSA) is 32.3 Å². The molecule has 2 heterocycles. The first-order chi connectivity index (χ1) is 8.95. The first kappa shape index (κ1) is 17.8. The van der Waals surface area contributed by atoms with Crippen molar-refractivity contribution in [1.29, 1.82) is 0 Å². The highest BCUT2D eigenvalue weighted by atomic mass is 35.5. The average molecular weight is 303 g/mol. The van der Waals surface area contributed by atoms with Crippen molar-refractivity contribution in [3.63, 3.8) is 0 Å². The van der Waals surface area contributed by atoms with E-state index >= 15 is 0 Å². The Morgan fingerprint density at radius 1 is 1.15 bits per heavy atom. The Bertz CT molecular complexity index is 308. The monoisotopic (exact) mass is 302 g/mol. The Morgan fingerprint density at radius 2 is 1.70 bits per heavy atom. The van der Waals surface area contributed by atoms with Crippen LogP contribution in [0.5, 0.6) is 0 Å². The second kappa shape index (κ2) is 7.65. The van der Waals surface area contributed by atoms with Gasteiger partial charge in [-0.2, -0.15) is 0 Å². The summed E-state index contributed by atoms with van der Waals surface area (Å²) >= 11 is 0. The number of carbonyl (C=O) groups excluding carboxylic acids is 1. The molecule has 2 aliphatic rings. The zero-order valence-corrected chi connectivity index (χ0v) is 14.2. The number of nitrogens with one attached hydrogen (secondary N) is 1. The van der Waals surface area contributed by atoms with Crippen molar-refractivity contribution < 1.29 is 4.79 Å². The molecule has 2 atom stereocenters. The number of carbonyl (C=O) groups is 1. The van der Waals surface area contributed by atoms with Gasteiger partial charge in [-0.3, -0.25) is 4.79 Å². The molecule has 0 saturated carbocycles. The third kappa shape index (κ3) is 4.63. The number of rotatable bonds is 5. The summed E-state index contributed by atoms with van der Waals surface area (Å²) in [4.78, 5) is 14.6. The van der Waals surface area contributed by atoms with Crippen LogP contribution in [-0.4, -0.2) is 35.5 Å². The molecule has 2 rings (SSSR count). The normalized spacial score (nSPS) is 28.6. The van der Waals surface area contributed by atoms with E-state index in [0.717, 1.165) is 13.0 Å². The average Bonchev–Trinajstić information content (AvgIpc) is 2.65. The Labute approximate surface area is 130 Å². The summed E-state index contributed by atoms with van der Waals surface area (Å²) in [5.74, 6) is 1.53. The highest BCUT2D eigenvalue weighted by molar-refractivity contribution is 5.85. The van der Waals surface area contributed by atoms with E-state index in [-0.39, 0.29) is 12.4 Å². The minimum Gasteiger partial charge on any atom is -0.340 e. The number of hydrogen-bond donors (Lipinski definition) is 1. The van der Waals surface area contributed by atoms with Crippen LogP contribution in [0.1, 0.15) is 59.8 Å². The van der Waals surface area contributed by atoms with Gasteiger partial charge in [0.15, 0.2) is 0 Å². The Kier molecular flexibility index (Phi) is 6.80. The number of hydrogen-bond acceptors (Lipinski definition) is 2. The van der Waals surface area contributed by atoms with E-state index in [9.17, 15) is 4.79 Å². The fraction of sp³-hybridized carbons (Fsp3) is 0.938. The smallest absolute Gasteiger partial charge is 0.223 e. The summed E-state index contributed by atoms with van der Waals surface area (Å²) in [5.41, 5.74) is 0. The zero-order valence-electron chi connectivity index (χ0n) is 13.4. The van der Waals surface area contributed by atoms with Gasteiger partial charge in [-0.25, -0.2) is 0 Å². The van der Waals surface area contributed by atoms with E-state index in [4.69, 9.17) is 0 Å². The molecule has 1 amide bonds. The van der Waals surface area contributed by atoms with Gasteiger partial charge in [0.05, 0.1) is 0 Å². The standard InChI is InChI=1S/C16H30N2O.ClH/c1-11(2)10-18(12(3)4)16(19)9-13-7-14-5-6-15(8-13)17-14;/h11-15,17H,5-10H2,1-4H3;1H. The van der Waals surface area contributed by atoms with Crippen molar-refractivity contribution in [1.82, 2.24) is 10.2 Å². The third-order valence-electron chi connectivity index (χ3n) is 4.54. The lowest BCUT2D eigenvalue weighted by atomic mass is 9.89. The van der Waals surface area contributed by atoms with Crippen LogP contribution in [-0.2, 0) is 4.79 Å². The van der Waals surface area contributed by atoms with Crippen molar-refractivity contribution in [2.45, 2.75) is 77.9 Å². The zero-order chi connectivity index (χ0) is 14.0. The summed E-state index contributed by atoms with van der Waals surface area (Å²) < 4.78 is 0. The first-order valence-corrected chi connectivity index (χ1v) is 8.01. The van der Waals surface area contributed by atoms with Crippen LogP contribution >= 0.6 is 12.4 Å². The quantitative estimate of drug-likeness (QED) is 0.846. The lowest BCUT2D eigenvalue weighted by Gasteiger charge is -2.33. The van der Waals surface area contributed by atoms with Gasteiger partial charge < -0.3 is 10.2 Å². The van der Waals surface area contributed by atoms with Crippen LogP contribution in [0.2, 0.25) is 0 Å². The second-order valence-electron chi connectivity index (χ2n) is 7.21. The molecule has 3 nitrogen and oxygen atoms in total. The predicted octanol–water partition coefficient (Wildman–Crippen LogP) is 3.22. The van der Waals surface area contributed by atoms with Crippen molar-refractivity contribution in [2.75, 3.05) is 6.54 Å². The molecule has 2 fully saturated rings. The molecule has 2 unspecified atom stereocenters. The van der Waals surface area contributed by atoms with E-state index < -0.39 is 0 Å². The second-order valence-corrected chi connectivity index (χ2v) is 7.21. The van der Waals surface area contributed by atoms with E-state index in [1.54, 1.807) is 0 Å². The van der Waals surface area contributed by atoms with Crippen LogP contribution in [0.4, 0.5) is 0 Å². The van der Waals surface area contributed by atoms with Crippen molar-refractivity contribution in [2.24, 2.45) is 11.8 Å². The van der Waals surface area contributed by atoms with Gasteiger partial charge in [0, 0.05) is 31.1 Å². The van der Waals surface area contributed by atoms with E-state index in [0.29, 0.717) is 35.9 Å². The molecule has 2 bridgehead atoms. The van der Waals surface area contributed by atoms with Gasteiger partial charge in [0.2, 0.25) is 5.91 Å². The van der Waals surface area contributed by atoms with Crippen molar-refractivity contribution in [3.05, 3.63) is 0 Å². The maximum Gasteiger partial charge on any atom is 0.223 e. The maximum atomic E-state index is 12.5. The van der Waals surface area contributed by atoms with E-state index in [1.807, 2.05) is 0 Å². The molecule has 0 spiro atoms. The van der Waals surface area contributed by atoms with Crippen LogP contribution in [0.3, 0.4) is 0 Å². The molecular weight excluding hydrogens is 272 g/mol. The lowest BCUT2D eigenvalue weighted by Crippen LogP contribution is -2.43. The SMILES string of the molecule is CC(C)CN(C(=O)CC1CC2CCC(C1)N2)C(C)C.Cl. The Morgan fingerprint density at radius 3 is 2.15 bits per heavy atom. The van der Waals surface area contributed by atoms with Gasteiger partial charge in [0.1, 0.15) is 0 Å². The highest BCUT2D eigenvalue weighted by Gasteiger charge is 2.35. The molecule has 0 radical (unpaired) electrons. The largest absolute Gasteiger partial charge is 0.340 e. The molecular formula is C16H31ClN2O. The van der Waals surface area contributed by atoms with Crippen molar-refractivity contribution in [3.8, 4) is 0 Å². The number of amides is 1. The maximum absolute atomic E-state index is 12.5. The van der Waals surface area contributed by atoms with Gasteiger partial charge in [-0.1, -0.05) is 13.8 Å². The molecule has 2 saturated heterocycles. The predicted molar refractivity (Wildman–Crippen MR) is 86.2 cm³/mol. The fourth-order valence-electron chi connectivity index (χ4n) is 3.70. The minimum atomic E-state index is 0. The summed E-state index contributed by atoms with van der Waals surface area (Å²) in [6.07, 6.45) is 5.80. The number of fused-ring (bicyclic) bond motifs is 2. The molecule has 4 heteroatoms. The summed E-state index contributed by atoms with van der Waals surface area (Å²) in [6.45, 7) is 9.54. The summed E-state index contributed by atoms with van der Waals surface area (Å²) in [6, 6.07) is 1.71. The first-order valence-electron chi connectivity index (χ1n) is 8.01. The molecule has 1 N–H and O–H groups in total.